The van der Waals surface area contributed by atoms with E-state index in [0.29, 0.717) is 0 Å². The summed E-state index contributed by atoms with van der Waals surface area (Å²) in [4.78, 5) is 24.5. The van der Waals surface area contributed by atoms with Gasteiger partial charge in [0.2, 0.25) is 0 Å². The highest BCUT2D eigenvalue weighted by Crippen LogP contribution is 2.34. The van der Waals surface area contributed by atoms with E-state index in [0.717, 1.165) is 53.0 Å². The van der Waals surface area contributed by atoms with Crippen LogP contribution in [0.15, 0.2) is 52.3 Å². The first-order valence-electron chi connectivity index (χ1n) is 9.41. The lowest BCUT2D eigenvalue weighted by Gasteiger charge is -2.34. The normalized spacial score (nSPS) is 14.6. The van der Waals surface area contributed by atoms with Crippen molar-refractivity contribution >= 4 is 56.1 Å². The number of fused-ring (bicyclic) bond motifs is 1. The van der Waals surface area contributed by atoms with Crippen LogP contribution in [0, 0.1) is 0 Å². The van der Waals surface area contributed by atoms with Gasteiger partial charge in [-0.2, -0.15) is 0 Å². The molecule has 2 aromatic carbocycles. The van der Waals surface area contributed by atoms with Crippen molar-refractivity contribution in [3.8, 4) is 0 Å². The van der Waals surface area contributed by atoms with Gasteiger partial charge in [-0.3, -0.25) is 4.79 Å². The van der Waals surface area contributed by atoms with Crippen LogP contribution in [-0.4, -0.2) is 54.0 Å². The van der Waals surface area contributed by atoms with Crippen LogP contribution in [-0.2, 0) is 0 Å². The molecule has 0 aliphatic carbocycles. The van der Waals surface area contributed by atoms with Gasteiger partial charge >= 0.3 is 0 Å². The fraction of sp³-hybridized carbons (Fsp3) is 0.333. The Bertz CT molecular complexity index is 980. The van der Waals surface area contributed by atoms with E-state index in [1.54, 1.807) is 34.9 Å². The van der Waals surface area contributed by atoms with Gasteiger partial charge in [-0.1, -0.05) is 36.5 Å². The van der Waals surface area contributed by atoms with Crippen molar-refractivity contribution in [1.29, 1.82) is 0 Å². The number of nitrogens with zero attached hydrogens (tertiary/aromatic N) is 3. The van der Waals surface area contributed by atoms with Crippen LogP contribution in [0.5, 0.6) is 0 Å². The van der Waals surface area contributed by atoms with Gasteiger partial charge in [0, 0.05) is 36.0 Å². The van der Waals surface area contributed by atoms with Crippen molar-refractivity contribution in [2.45, 2.75) is 16.7 Å². The minimum atomic E-state index is 0.144. The van der Waals surface area contributed by atoms with Gasteiger partial charge in [-0.15, -0.1) is 23.5 Å². The Kier molecular flexibility index (Phi) is 6.13. The second-order valence-electron chi connectivity index (χ2n) is 6.51. The van der Waals surface area contributed by atoms with E-state index in [4.69, 9.17) is 4.98 Å². The number of thioether (sulfide) groups is 2. The first-order valence-corrected chi connectivity index (χ1v) is 12.4. The fourth-order valence-electron chi connectivity index (χ4n) is 3.41. The Balaban J connectivity index is 1.47. The van der Waals surface area contributed by atoms with Crippen molar-refractivity contribution in [3.63, 3.8) is 0 Å². The van der Waals surface area contributed by atoms with Gasteiger partial charge in [-0.25, -0.2) is 4.98 Å². The number of carbonyl (C=O) groups is 1. The van der Waals surface area contributed by atoms with Crippen molar-refractivity contribution in [2.75, 3.05) is 43.1 Å². The quantitative estimate of drug-likeness (QED) is 0.528. The SMILES string of the molecule is CCSc1ccccc1C(=O)N1CCN(c2nc3c(SC)cccc3s2)CC1. The van der Waals surface area contributed by atoms with E-state index >= 15 is 0 Å². The second kappa shape index (κ2) is 8.76. The van der Waals surface area contributed by atoms with Crippen molar-refractivity contribution in [1.82, 2.24) is 9.88 Å². The maximum atomic E-state index is 13.0. The van der Waals surface area contributed by atoms with Gasteiger partial charge in [0.25, 0.3) is 5.91 Å². The minimum absolute atomic E-state index is 0.144. The topological polar surface area (TPSA) is 36.4 Å². The maximum absolute atomic E-state index is 13.0. The summed E-state index contributed by atoms with van der Waals surface area (Å²) in [6.07, 6.45) is 2.09. The smallest absolute Gasteiger partial charge is 0.255 e. The molecule has 0 radical (unpaired) electrons. The molecule has 2 heterocycles. The zero-order valence-corrected chi connectivity index (χ0v) is 18.5. The van der Waals surface area contributed by atoms with Crippen LogP contribution in [0.3, 0.4) is 0 Å². The third kappa shape index (κ3) is 3.88. The molecule has 4 nitrogen and oxygen atoms in total. The van der Waals surface area contributed by atoms with Crippen LogP contribution < -0.4 is 4.90 Å². The second-order valence-corrected chi connectivity index (χ2v) is 9.67. The molecule has 28 heavy (non-hydrogen) atoms. The lowest BCUT2D eigenvalue weighted by atomic mass is 10.2. The third-order valence-electron chi connectivity index (χ3n) is 4.85. The molecular formula is C21H23N3OS3. The average Bonchev–Trinajstić information content (AvgIpc) is 3.18. The van der Waals surface area contributed by atoms with Crippen LogP contribution in [0.25, 0.3) is 10.2 Å². The number of amides is 1. The zero-order chi connectivity index (χ0) is 19.5. The van der Waals surface area contributed by atoms with Gasteiger partial charge in [0.05, 0.1) is 15.8 Å². The summed E-state index contributed by atoms with van der Waals surface area (Å²) in [5.41, 5.74) is 1.92. The van der Waals surface area contributed by atoms with Crippen molar-refractivity contribution in [3.05, 3.63) is 48.0 Å². The van der Waals surface area contributed by atoms with Crippen LogP contribution in [0.1, 0.15) is 17.3 Å². The Morgan fingerprint density at radius 1 is 1.07 bits per heavy atom. The van der Waals surface area contributed by atoms with Crippen LogP contribution in [0.2, 0.25) is 0 Å². The standard InChI is InChI=1S/C21H23N3OS3/c1-3-27-16-8-5-4-7-15(16)20(25)23-11-13-24(14-12-23)21-22-19-17(26-2)9-6-10-18(19)28-21/h4-10H,3,11-14H2,1-2H3. The Hall–Kier alpha value is -1.70. The number of para-hydroxylation sites is 1. The molecule has 0 N–H and O–H groups in total. The summed E-state index contributed by atoms with van der Waals surface area (Å²) in [6.45, 7) is 5.22. The van der Waals surface area contributed by atoms with Gasteiger partial charge in [0.15, 0.2) is 5.13 Å². The molecule has 1 aliphatic heterocycles. The van der Waals surface area contributed by atoms with Crippen molar-refractivity contribution in [2.24, 2.45) is 0 Å². The molecule has 4 rings (SSSR count). The Morgan fingerprint density at radius 3 is 2.57 bits per heavy atom. The minimum Gasteiger partial charge on any atom is -0.345 e. The van der Waals surface area contributed by atoms with Crippen LogP contribution in [0.4, 0.5) is 5.13 Å². The van der Waals surface area contributed by atoms with E-state index in [9.17, 15) is 4.79 Å². The van der Waals surface area contributed by atoms with E-state index in [2.05, 4.69) is 36.3 Å². The Morgan fingerprint density at radius 2 is 1.82 bits per heavy atom. The molecule has 0 saturated carbocycles. The summed E-state index contributed by atoms with van der Waals surface area (Å²) in [6, 6.07) is 14.3. The molecule has 1 aliphatic rings. The number of hydrogen-bond acceptors (Lipinski definition) is 6. The highest BCUT2D eigenvalue weighted by atomic mass is 32.2. The molecule has 1 aromatic heterocycles. The third-order valence-corrected chi connectivity index (χ3v) is 7.65. The average molecular weight is 430 g/mol. The molecule has 1 saturated heterocycles. The number of rotatable bonds is 5. The highest BCUT2D eigenvalue weighted by Gasteiger charge is 2.25. The van der Waals surface area contributed by atoms with E-state index in [1.165, 1.54) is 9.60 Å². The molecule has 0 unspecified atom stereocenters. The number of carbonyl (C=O) groups excluding carboxylic acids is 1. The number of benzene rings is 2. The molecule has 146 valence electrons. The number of aromatic nitrogens is 1. The maximum Gasteiger partial charge on any atom is 0.255 e. The number of piperazine rings is 1. The molecule has 0 atom stereocenters. The number of anilines is 1. The van der Waals surface area contributed by atoms with Gasteiger partial charge in [-0.05, 0) is 36.3 Å². The monoisotopic (exact) mass is 429 g/mol. The van der Waals surface area contributed by atoms with Gasteiger partial charge in [0.1, 0.15) is 0 Å². The lowest BCUT2D eigenvalue weighted by molar-refractivity contribution is 0.0743. The molecule has 3 aromatic rings. The van der Waals surface area contributed by atoms with E-state index < -0.39 is 0 Å². The highest BCUT2D eigenvalue weighted by molar-refractivity contribution is 7.99. The Labute approximate surface area is 178 Å². The van der Waals surface area contributed by atoms with Crippen LogP contribution >= 0.6 is 34.9 Å². The molecule has 7 heteroatoms. The number of thiazole rings is 1. The van der Waals surface area contributed by atoms with Gasteiger partial charge < -0.3 is 9.80 Å². The van der Waals surface area contributed by atoms with E-state index in [-0.39, 0.29) is 5.91 Å². The summed E-state index contributed by atoms with van der Waals surface area (Å²) in [7, 11) is 0. The lowest BCUT2D eigenvalue weighted by Crippen LogP contribution is -2.48. The zero-order valence-electron chi connectivity index (χ0n) is 16.1. The number of hydrogen-bond donors (Lipinski definition) is 0. The molecule has 0 bridgehead atoms. The molecule has 0 spiro atoms. The summed E-state index contributed by atoms with van der Waals surface area (Å²) < 4.78 is 1.23. The fourth-order valence-corrected chi connectivity index (χ4v) is 5.88. The largest absolute Gasteiger partial charge is 0.345 e. The molecule has 1 amide bonds. The summed E-state index contributed by atoms with van der Waals surface area (Å²) in [5, 5.41) is 1.06. The summed E-state index contributed by atoms with van der Waals surface area (Å²) >= 11 is 5.21. The van der Waals surface area contributed by atoms with E-state index in [1.807, 2.05) is 29.2 Å². The predicted molar refractivity (Wildman–Crippen MR) is 122 cm³/mol. The summed E-state index contributed by atoms with van der Waals surface area (Å²) in [5.74, 6) is 1.11. The first-order chi connectivity index (χ1) is 13.7. The first kappa shape index (κ1) is 19.6. The molecule has 1 fully saturated rings. The predicted octanol–water partition coefficient (Wildman–Crippen LogP) is 5.09. The van der Waals surface area contributed by atoms with Crippen molar-refractivity contribution < 1.29 is 4.79 Å². The molecular weight excluding hydrogens is 406 g/mol.